The van der Waals surface area contributed by atoms with Crippen LogP contribution in [0.1, 0.15) is 31.4 Å². The molecule has 0 spiro atoms. The van der Waals surface area contributed by atoms with Gasteiger partial charge in [0.15, 0.2) is 0 Å². The van der Waals surface area contributed by atoms with Gasteiger partial charge in [-0.2, -0.15) is 5.10 Å². The first-order valence-electron chi connectivity index (χ1n) is 8.23. The molecule has 7 heteroatoms. The summed E-state index contributed by atoms with van der Waals surface area (Å²) in [5, 5.41) is 7.57. The molecule has 0 radical (unpaired) electrons. The number of nitrogens with one attached hydrogen (secondary N) is 1. The van der Waals surface area contributed by atoms with E-state index in [0.717, 1.165) is 25.2 Å². The maximum absolute atomic E-state index is 13.1. The highest BCUT2D eigenvalue weighted by molar-refractivity contribution is 5.85. The fraction of sp³-hybridized carbons (Fsp3) is 0.688. The summed E-state index contributed by atoms with van der Waals surface area (Å²) in [6.45, 7) is 4.38. The predicted molar refractivity (Wildman–Crippen MR) is 85.5 cm³/mol. The van der Waals surface area contributed by atoms with Crippen molar-refractivity contribution in [2.75, 3.05) is 26.7 Å². The molecule has 2 aliphatic heterocycles. The summed E-state index contributed by atoms with van der Waals surface area (Å²) < 4.78 is 1.72. The number of nitrogens with zero attached hydrogens (tertiary/aromatic N) is 4. The number of hydrogen-bond donors (Lipinski definition) is 1. The van der Waals surface area contributed by atoms with E-state index in [2.05, 4.69) is 17.3 Å². The van der Waals surface area contributed by atoms with Gasteiger partial charge >= 0.3 is 0 Å². The van der Waals surface area contributed by atoms with Crippen LogP contribution in [0.15, 0.2) is 12.4 Å². The van der Waals surface area contributed by atoms with E-state index in [9.17, 15) is 9.59 Å². The van der Waals surface area contributed by atoms with Crippen molar-refractivity contribution < 1.29 is 9.59 Å². The summed E-state index contributed by atoms with van der Waals surface area (Å²) >= 11 is 0. The van der Waals surface area contributed by atoms with Crippen LogP contribution in [0.4, 0.5) is 0 Å². The second-order valence-corrected chi connectivity index (χ2v) is 6.68. The molecule has 0 saturated carbocycles. The van der Waals surface area contributed by atoms with Crippen LogP contribution in [0.2, 0.25) is 0 Å². The van der Waals surface area contributed by atoms with Crippen LogP contribution >= 0.6 is 0 Å². The first-order valence-corrected chi connectivity index (χ1v) is 8.23. The zero-order chi connectivity index (χ0) is 16.6. The quantitative estimate of drug-likeness (QED) is 0.842. The lowest BCUT2D eigenvalue weighted by molar-refractivity contribution is -0.147. The van der Waals surface area contributed by atoms with Crippen molar-refractivity contribution in [2.24, 2.45) is 13.0 Å². The maximum Gasteiger partial charge on any atom is 0.228 e. The van der Waals surface area contributed by atoms with Crippen LogP contribution in [0.25, 0.3) is 0 Å². The van der Waals surface area contributed by atoms with Gasteiger partial charge in [0.2, 0.25) is 11.8 Å². The molecule has 3 unspecified atom stereocenters. The van der Waals surface area contributed by atoms with Crippen LogP contribution in [0.5, 0.6) is 0 Å². The Kier molecular flexibility index (Phi) is 4.39. The average Bonchev–Trinajstić information content (AvgIpc) is 2.95. The standard InChI is InChI=1S/C16H25N5O2/c1-11-9-21(7-6-17-11)16(23)13-4-5-14(22)20(3)15(13)12-8-18-19(2)10-12/h8,10-11,13,15,17H,4-7,9H2,1-3H3. The van der Waals surface area contributed by atoms with Crippen molar-refractivity contribution in [3.8, 4) is 0 Å². The molecule has 0 bridgehead atoms. The summed E-state index contributed by atoms with van der Waals surface area (Å²) in [5.41, 5.74) is 0.935. The van der Waals surface area contributed by atoms with E-state index < -0.39 is 0 Å². The molecule has 0 aliphatic carbocycles. The molecule has 3 heterocycles. The lowest BCUT2D eigenvalue weighted by Crippen LogP contribution is -2.55. The molecule has 1 aromatic heterocycles. The summed E-state index contributed by atoms with van der Waals surface area (Å²) in [5.74, 6) is 0.0651. The predicted octanol–water partition coefficient (Wildman–Crippen LogP) is 0.150. The summed E-state index contributed by atoms with van der Waals surface area (Å²) in [7, 11) is 3.64. The highest BCUT2D eigenvalue weighted by Crippen LogP contribution is 2.36. The third kappa shape index (κ3) is 3.10. The van der Waals surface area contributed by atoms with Crippen molar-refractivity contribution in [3.63, 3.8) is 0 Å². The molecule has 2 amide bonds. The van der Waals surface area contributed by atoms with Crippen molar-refractivity contribution in [1.29, 1.82) is 0 Å². The Labute approximate surface area is 136 Å². The largest absolute Gasteiger partial charge is 0.340 e. The zero-order valence-corrected chi connectivity index (χ0v) is 14.0. The lowest BCUT2D eigenvalue weighted by Gasteiger charge is -2.41. The zero-order valence-electron chi connectivity index (χ0n) is 14.0. The number of aryl methyl sites for hydroxylation is 1. The second-order valence-electron chi connectivity index (χ2n) is 6.68. The van der Waals surface area contributed by atoms with Gasteiger partial charge in [-0.15, -0.1) is 0 Å². The first kappa shape index (κ1) is 16.0. The number of piperidine rings is 1. The summed E-state index contributed by atoms with van der Waals surface area (Å²) in [6, 6.07) is 0.0927. The molecular formula is C16H25N5O2. The monoisotopic (exact) mass is 319 g/mol. The molecule has 7 nitrogen and oxygen atoms in total. The smallest absolute Gasteiger partial charge is 0.228 e. The third-order valence-corrected chi connectivity index (χ3v) is 4.92. The molecule has 2 saturated heterocycles. The number of rotatable bonds is 2. The van der Waals surface area contributed by atoms with Gasteiger partial charge < -0.3 is 15.1 Å². The third-order valence-electron chi connectivity index (χ3n) is 4.92. The molecule has 23 heavy (non-hydrogen) atoms. The van der Waals surface area contributed by atoms with Gasteiger partial charge in [0.1, 0.15) is 0 Å². The van der Waals surface area contributed by atoms with E-state index in [4.69, 9.17) is 0 Å². The van der Waals surface area contributed by atoms with Crippen LogP contribution in [-0.4, -0.2) is 64.1 Å². The molecule has 3 atom stereocenters. The number of aromatic nitrogens is 2. The minimum absolute atomic E-state index is 0.0941. The van der Waals surface area contributed by atoms with Crippen molar-refractivity contribution >= 4 is 11.8 Å². The Morgan fingerprint density at radius 1 is 1.39 bits per heavy atom. The fourth-order valence-corrected chi connectivity index (χ4v) is 3.71. The van der Waals surface area contributed by atoms with Crippen molar-refractivity contribution in [3.05, 3.63) is 18.0 Å². The van der Waals surface area contributed by atoms with Gasteiger partial charge in [0.05, 0.1) is 18.2 Å². The lowest BCUT2D eigenvalue weighted by atomic mass is 9.84. The number of hydrogen-bond acceptors (Lipinski definition) is 4. The van der Waals surface area contributed by atoms with E-state index in [1.165, 1.54) is 0 Å². The molecule has 2 aliphatic rings. The van der Waals surface area contributed by atoms with Gasteiger partial charge in [-0.25, -0.2) is 0 Å². The second kappa shape index (κ2) is 6.31. The van der Waals surface area contributed by atoms with E-state index in [-0.39, 0.29) is 23.8 Å². The summed E-state index contributed by atoms with van der Waals surface area (Å²) in [4.78, 5) is 28.9. The Hall–Kier alpha value is -1.89. The average molecular weight is 319 g/mol. The number of carbonyl (C=O) groups is 2. The SMILES string of the molecule is CC1CN(C(=O)C2CCC(=O)N(C)C2c2cnn(C)c2)CCN1. The van der Waals surface area contributed by atoms with E-state index >= 15 is 0 Å². The fourth-order valence-electron chi connectivity index (χ4n) is 3.71. The van der Waals surface area contributed by atoms with Crippen molar-refractivity contribution in [2.45, 2.75) is 31.8 Å². The van der Waals surface area contributed by atoms with E-state index in [1.54, 1.807) is 22.8 Å². The summed E-state index contributed by atoms with van der Waals surface area (Å²) in [6.07, 6.45) is 4.71. The van der Waals surface area contributed by atoms with Crippen LogP contribution in [-0.2, 0) is 16.6 Å². The van der Waals surface area contributed by atoms with Gasteiger partial charge in [0, 0.05) is 58.0 Å². The number of amides is 2. The van der Waals surface area contributed by atoms with Crippen molar-refractivity contribution in [1.82, 2.24) is 24.9 Å². The number of piperazine rings is 1. The minimum atomic E-state index is -0.220. The molecule has 2 fully saturated rings. The highest BCUT2D eigenvalue weighted by Gasteiger charge is 2.41. The van der Waals surface area contributed by atoms with E-state index in [1.807, 2.05) is 18.1 Å². The molecule has 0 aromatic carbocycles. The number of likely N-dealkylation sites (tertiary alicyclic amines) is 1. The Bertz CT molecular complexity index is 599. The Balaban J connectivity index is 1.85. The Morgan fingerprint density at radius 2 is 2.17 bits per heavy atom. The Morgan fingerprint density at radius 3 is 2.83 bits per heavy atom. The van der Waals surface area contributed by atoms with Gasteiger partial charge in [-0.05, 0) is 13.3 Å². The van der Waals surface area contributed by atoms with Gasteiger partial charge in [-0.1, -0.05) is 0 Å². The maximum atomic E-state index is 13.1. The van der Waals surface area contributed by atoms with Crippen LogP contribution in [0, 0.1) is 5.92 Å². The molecule has 3 rings (SSSR count). The van der Waals surface area contributed by atoms with Crippen LogP contribution < -0.4 is 5.32 Å². The molecule has 126 valence electrons. The topological polar surface area (TPSA) is 70.5 Å². The van der Waals surface area contributed by atoms with Crippen LogP contribution in [0.3, 0.4) is 0 Å². The number of carbonyl (C=O) groups excluding carboxylic acids is 2. The molecule has 1 N–H and O–H groups in total. The first-order chi connectivity index (χ1) is 11.0. The molecule has 1 aromatic rings. The van der Waals surface area contributed by atoms with E-state index in [0.29, 0.717) is 18.9 Å². The van der Waals surface area contributed by atoms with Gasteiger partial charge in [0.25, 0.3) is 0 Å². The highest BCUT2D eigenvalue weighted by atomic mass is 16.2. The van der Waals surface area contributed by atoms with Gasteiger partial charge in [-0.3, -0.25) is 14.3 Å². The minimum Gasteiger partial charge on any atom is -0.340 e. The normalized spacial score (nSPS) is 29.0. The molecular weight excluding hydrogens is 294 g/mol.